The summed E-state index contributed by atoms with van der Waals surface area (Å²) in [6.07, 6.45) is 3.75. The van der Waals surface area contributed by atoms with E-state index < -0.39 is 0 Å². The molecule has 0 saturated heterocycles. The van der Waals surface area contributed by atoms with Gasteiger partial charge in [0.1, 0.15) is 5.75 Å². The minimum atomic E-state index is 0.0543. The van der Waals surface area contributed by atoms with Crippen LogP contribution in [0.25, 0.3) is 11.6 Å². The van der Waals surface area contributed by atoms with Gasteiger partial charge in [-0.2, -0.15) is 4.98 Å². The largest absolute Gasteiger partial charge is 0.505 e. The highest BCUT2D eigenvalue weighted by Crippen LogP contribution is 2.46. The van der Waals surface area contributed by atoms with Gasteiger partial charge in [0.05, 0.1) is 0 Å². The molecule has 16 heavy (non-hydrogen) atoms. The van der Waals surface area contributed by atoms with Crippen LogP contribution in [0.2, 0.25) is 0 Å². The van der Waals surface area contributed by atoms with Crippen LogP contribution in [0, 0.1) is 0 Å². The van der Waals surface area contributed by atoms with E-state index >= 15 is 0 Å². The maximum absolute atomic E-state index is 9.60. The van der Waals surface area contributed by atoms with Crippen molar-refractivity contribution in [2.45, 2.75) is 25.2 Å². The molecule has 1 N–H and O–H groups in total. The molecule has 82 valence electrons. The molecule has 1 saturated carbocycles. The van der Waals surface area contributed by atoms with E-state index in [4.69, 9.17) is 4.52 Å². The average Bonchev–Trinajstić information content (AvgIpc) is 2.84. The van der Waals surface area contributed by atoms with Crippen LogP contribution in [0.3, 0.4) is 0 Å². The molecule has 0 atom stereocenters. The van der Waals surface area contributed by atoms with Crippen LogP contribution in [0.15, 0.2) is 22.9 Å². The van der Waals surface area contributed by atoms with Crippen molar-refractivity contribution < 1.29 is 9.63 Å². The molecule has 0 bridgehead atoms. The van der Waals surface area contributed by atoms with Gasteiger partial charge in [-0.3, -0.25) is 0 Å². The highest BCUT2D eigenvalue weighted by molar-refractivity contribution is 5.56. The summed E-state index contributed by atoms with van der Waals surface area (Å²) in [6.45, 7) is 2.10. The van der Waals surface area contributed by atoms with E-state index in [1.165, 1.54) is 0 Å². The summed E-state index contributed by atoms with van der Waals surface area (Å²) in [6, 6.07) is 3.20. The SMILES string of the molecule is CC1(c2noc(-c3ncccc3O)n2)CC1. The predicted octanol–water partition coefficient (Wildman–Crippen LogP) is 1.89. The molecule has 2 aromatic heterocycles. The van der Waals surface area contributed by atoms with Crippen molar-refractivity contribution in [1.82, 2.24) is 15.1 Å². The molecule has 0 radical (unpaired) electrons. The smallest absolute Gasteiger partial charge is 0.280 e. The summed E-state index contributed by atoms with van der Waals surface area (Å²) >= 11 is 0. The van der Waals surface area contributed by atoms with Crippen molar-refractivity contribution in [3.8, 4) is 17.3 Å². The fourth-order valence-electron chi connectivity index (χ4n) is 1.54. The van der Waals surface area contributed by atoms with Gasteiger partial charge in [0, 0.05) is 11.6 Å². The second-order valence-electron chi connectivity index (χ2n) is 4.35. The third-order valence-corrected chi connectivity index (χ3v) is 2.95. The van der Waals surface area contributed by atoms with Gasteiger partial charge in [-0.15, -0.1) is 0 Å². The fourth-order valence-corrected chi connectivity index (χ4v) is 1.54. The molecule has 0 spiro atoms. The highest BCUT2D eigenvalue weighted by atomic mass is 16.5. The Morgan fingerprint density at radius 1 is 1.44 bits per heavy atom. The molecular formula is C11H11N3O2. The lowest BCUT2D eigenvalue weighted by molar-refractivity contribution is 0.410. The van der Waals surface area contributed by atoms with Gasteiger partial charge in [-0.05, 0) is 25.0 Å². The van der Waals surface area contributed by atoms with Gasteiger partial charge in [0.25, 0.3) is 5.89 Å². The zero-order valence-corrected chi connectivity index (χ0v) is 8.84. The Bertz CT molecular complexity index is 532. The molecule has 2 aromatic rings. The van der Waals surface area contributed by atoms with Crippen LogP contribution >= 0.6 is 0 Å². The van der Waals surface area contributed by atoms with Gasteiger partial charge in [-0.25, -0.2) is 4.98 Å². The van der Waals surface area contributed by atoms with Crippen LogP contribution in [0.5, 0.6) is 5.75 Å². The molecule has 0 amide bonds. The molecule has 1 fully saturated rings. The normalized spacial score (nSPS) is 17.3. The molecule has 1 aliphatic rings. The molecule has 3 rings (SSSR count). The van der Waals surface area contributed by atoms with Crippen LogP contribution in [0.1, 0.15) is 25.6 Å². The van der Waals surface area contributed by atoms with E-state index in [1.807, 2.05) is 0 Å². The van der Waals surface area contributed by atoms with E-state index in [0.29, 0.717) is 11.5 Å². The van der Waals surface area contributed by atoms with Gasteiger partial charge in [-0.1, -0.05) is 12.1 Å². The monoisotopic (exact) mass is 217 g/mol. The Balaban J connectivity index is 2.02. The van der Waals surface area contributed by atoms with Gasteiger partial charge in [0.15, 0.2) is 11.5 Å². The van der Waals surface area contributed by atoms with E-state index in [9.17, 15) is 5.11 Å². The van der Waals surface area contributed by atoms with Crippen molar-refractivity contribution >= 4 is 0 Å². The van der Waals surface area contributed by atoms with E-state index in [-0.39, 0.29) is 17.1 Å². The molecule has 0 aromatic carbocycles. The Morgan fingerprint density at radius 3 is 2.94 bits per heavy atom. The molecule has 5 nitrogen and oxygen atoms in total. The van der Waals surface area contributed by atoms with Crippen LogP contribution < -0.4 is 0 Å². The van der Waals surface area contributed by atoms with Crippen molar-refractivity contribution in [3.63, 3.8) is 0 Å². The van der Waals surface area contributed by atoms with Gasteiger partial charge >= 0.3 is 0 Å². The Morgan fingerprint density at radius 2 is 2.25 bits per heavy atom. The third-order valence-electron chi connectivity index (χ3n) is 2.95. The zero-order valence-electron chi connectivity index (χ0n) is 8.84. The summed E-state index contributed by atoms with van der Waals surface area (Å²) in [5, 5.41) is 13.5. The number of aromatic nitrogens is 3. The number of hydrogen-bond acceptors (Lipinski definition) is 5. The second-order valence-corrected chi connectivity index (χ2v) is 4.35. The Hall–Kier alpha value is -1.91. The number of aromatic hydroxyl groups is 1. The molecule has 0 aliphatic heterocycles. The minimum absolute atomic E-state index is 0.0543. The topological polar surface area (TPSA) is 72.0 Å². The minimum Gasteiger partial charge on any atom is -0.505 e. The first-order valence-corrected chi connectivity index (χ1v) is 5.18. The van der Waals surface area contributed by atoms with E-state index in [0.717, 1.165) is 12.8 Å². The molecule has 0 unspecified atom stereocenters. The van der Waals surface area contributed by atoms with Gasteiger partial charge in [0.2, 0.25) is 0 Å². The Labute approximate surface area is 92.1 Å². The summed E-state index contributed by atoms with van der Waals surface area (Å²) in [5.74, 6) is 1.03. The summed E-state index contributed by atoms with van der Waals surface area (Å²) in [5.41, 5.74) is 0.400. The lowest BCUT2D eigenvalue weighted by atomic mass is 10.1. The fraction of sp³-hybridized carbons (Fsp3) is 0.364. The molecule has 1 aliphatic carbocycles. The third kappa shape index (κ3) is 1.36. The summed E-state index contributed by atoms with van der Waals surface area (Å²) in [7, 11) is 0. The first-order valence-electron chi connectivity index (χ1n) is 5.18. The average molecular weight is 217 g/mol. The first-order chi connectivity index (χ1) is 7.69. The number of rotatable bonds is 2. The quantitative estimate of drug-likeness (QED) is 0.831. The lowest BCUT2D eigenvalue weighted by Crippen LogP contribution is -2.01. The maximum atomic E-state index is 9.60. The van der Waals surface area contributed by atoms with Gasteiger partial charge < -0.3 is 9.63 Å². The first kappa shape index (κ1) is 9.33. The van der Waals surface area contributed by atoms with Crippen molar-refractivity contribution in [2.24, 2.45) is 0 Å². The number of hydrogen-bond donors (Lipinski definition) is 1. The standard InChI is InChI=1S/C11H11N3O2/c1-11(4-5-11)10-13-9(16-14-10)8-7(15)3-2-6-12-8/h2-3,6,15H,4-5H2,1H3. The van der Waals surface area contributed by atoms with Crippen LogP contribution in [-0.2, 0) is 5.41 Å². The molecule has 5 heteroatoms. The summed E-state index contributed by atoms with van der Waals surface area (Å²) in [4.78, 5) is 8.29. The van der Waals surface area contributed by atoms with Crippen LogP contribution in [-0.4, -0.2) is 20.2 Å². The van der Waals surface area contributed by atoms with E-state index in [2.05, 4.69) is 22.0 Å². The Kier molecular flexibility index (Phi) is 1.77. The zero-order chi connectivity index (χ0) is 11.2. The second kappa shape index (κ2) is 3.04. The maximum Gasteiger partial charge on any atom is 0.280 e. The molecule has 2 heterocycles. The number of pyridine rings is 1. The molecular weight excluding hydrogens is 206 g/mol. The van der Waals surface area contributed by atoms with E-state index in [1.54, 1.807) is 18.3 Å². The van der Waals surface area contributed by atoms with Crippen molar-refractivity contribution in [1.29, 1.82) is 0 Å². The highest BCUT2D eigenvalue weighted by Gasteiger charge is 2.43. The predicted molar refractivity (Wildman–Crippen MR) is 55.8 cm³/mol. The van der Waals surface area contributed by atoms with Crippen molar-refractivity contribution in [3.05, 3.63) is 24.2 Å². The number of nitrogens with zero attached hydrogens (tertiary/aromatic N) is 3. The van der Waals surface area contributed by atoms with Crippen molar-refractivity contribution in [2.75, 3.05) is 0 Å². The lowest BCUT2D eigenvalue weighted by Gasteiger charge is -1.98. The summed E-state index contributed by atoms with van der Waals surface area (Å²) < 4.78 is 5.11. The van der Waals surface area contributed by atoms with Crippen LogP contribution in [0.4, 0.5) is 0 Å².